The molecule has 0 fully saturated rings. The lowest BCUT2D eigenvalue weighted by Gasteiger charge is -2.11. The molecule has 0 saturated heterocycles. The number of fused-ring (bicyclic) bond motifs is 1. The molecule has 4 rings (SSSR count). The van der Waals surface area contributed by atoms with E-state index in [1.165, 1.54) is 4.57 Å². The molecule has 0 saturated carbocycles. The van der Waals surface area contributed by atoms with Crippen molar-refractivity contribution in [2.24, 2.45) is 0 Å². The van der Waals surface area contributed by atoms with Crippen LogP contribution in [0.1, 0.15) is 24.4 Å². The quantitative estimate of drug-likeness (QED) is 0.415. The SMILES string of the molecule is O=C(O)CCCn1c(/C=C/c2c(Cl)nc(Cl)n2-c2ccccc2)nc2ccccc2c1=O. The number of benzene rings is 2. The average molecular weight is 469 g/mol. The summed E-state index contributed by atoms with van der Waals surface area (Å²) in [5.41, 5.74) is 1.62. The first-order valence-electron chi connectivity index (χ1n) is 9.84. The number of hydrogen-bond acceptors (Lipinski definition) is 4. The minimum absolute atomic E-state index is 0.0510. The molecule has 162 valence electrons. The van der Waals surface area contributed by atoms with E-state index in [1.807, 2.05) is 30.3 Å². The fourth-order valence-corrected chi connectivity index (χ4v) is 3.96. The lowest BCUT2D eigenvalue weighted by Crippen LogP contribution is -2.24. The first kappa shape index (κ1) is 21.8. The van der Waals surface area contributed by atoms with E-state index in [9.17, 15) is 9.59 Å². The van der Waals surface area contributed by atoms with E-state index in [1.54, 1.807) is 41.0 Å². The molecular weight excluding hydrogens is 451 g/mol. The minimum Gasteiger partial charge on any atom is -0.481 e. The zero-order chi connectivity index (χ0) is 22.7. The highest BCUT2D eigenvalue weighted by molar-refractivity contribution is 6.33. The Labute approximate surface area is 193 Å². The van der Waals surface area contributed by atoms with Crippen LogP contribution in [0.3, 0.4) is 0 Å². The van der Waals surface area contributed by atoms with E-state index in [0.29, 0.717) is 28.8 Å². The molecule has 0 aliphatic carbocycles. The predicted molar refractivity (Wildman–Crippen MR) is 125 cm³/mol. The number of para-hydroxylation sites is 2. The molecule has 0 atom stereocenters. The van der Waals surface area contributed by atoms with Gasteiger partial charge in [0.25, 0.3) is 5.56 Å². The molecule has 0 spiro atoms. The van der Waals surface area contributed by atoms with Crippen LogP contribution >= 0.6 is 23.2 Å². The molecule has 32 heavy (non-hydrogen) atoms. The van der Waals surface area contributed by atoms with E-state index >= 15 is 0 Å². The van der Waals surface area contributed by atoms with Gasteiger partial charge in [0.1, 0.15) is 5.82 Å². The molecule has 9 heteroatoms. The third-order valence-corrected chi connectivity index (χ3v) is 5.43. The zero-order valence-electron chi connectivity index (χ0n) is 16.8. The smallest absolute Gasteiger partial charge is 0.303 e. The maximum Gasteiger partial charge on any atom is 0.303 e. The van der Waals surface area contributed by atoms with Crippen molar-refractivity contribution in [3.8, 4) is 5.69 Å². The Kier molecular flexibility index (Phi) is 6.39. The fraction of sp³-hybridized carbons (Fsp3) is 0.130. The highest BCUT2D eigenvalue weighted by atomic mass is 35.5. The van der Waals surface area contributed by atoms with Crippen LogP contribution in [-0.2, 0) is 11.3 Å². The van der Waals surface area contributed by atoms with Crippen molar-refractivity contribution in [2.75, 3.05) is 0 Å². The van der Waals surface area contributed by atoms with Gasteiger partial charge in [0.05, 0.1) is 16.6 Å². The summed E-state index contributed by atoms with van der Waals surface area (Å²) in [5.74, 6) is -0.538. The van der Waals surface area contributed by atoms with Crippen LogP contribution in [0.25, 0.3) is 28.7 Å². The van der Waals surface area contributed by atoms with Crippen molar-refractivity contribution >= 4 is 52.2 Å². The van der Waals surface area contributed by atoms with Gasteiger partial charge in [-0.15, -0.1) is 0 Å². The number of rotatable bonds is 7. The van der Waals surface area contributed by atoms with Crippen molar-refractivity contribution in [2.45, 2.75) is 19.4 Å². The van der Waals surface area contributed by atoms with Crippen LogP contribution in [0.15, 0.2) is 59.4 Å². The van der Waals surface area contributed by atoms with Crippen LogP contribution < -0.4 is 5.56 Å². The van der Waals surface area contributed by atoms with Gasteiger partial charge in [-0.3, -0.25) is 18.7 Å². The zero-order valence-corrected chi connectivity index (χ0v) is 18.3. The second kappa shape index (κ2) is 9.38. The summed E-state index contributed by atoms with van der Waals surface area (Å²) in [6.45, 7) is 0.217. The number of aliphatic carboxylic acids is 1. The van der Waals surface area contributed by atoms with Gasteiger partial charge < -0.3 is 5.11 Å². The predicted octanol–water partition coefficient (Wildman–Crippen LogP) is 4.92. The molecule has 4 aromatic rings. The van der Waals surface area contributed by atoms with Crippen molar-refractivity contribution in [3.05, 3.63) is 86.9 Å². The highest BCUT2D eigenvalue weighted by Crippen LogP contribution is 2.27. The van der Waals surface area contributed by atoms with Crippen molar-refractivity contribution < 1.29 is 9.90 Å². The molecule has 2 aromatic heterocycles. The maximum absolute atomic E-state index is 13.1. The number of imidazole rings is 1. The Morgan fingerprint density at radius 3 is 2.47 bits per heavy atom. The lowest BCUT2D eigenvalue weighted by molar-refractivity contribution is -0.137. The van der Waals surface area contributed by atoms with Gasteiger partial charge in [-0.1, -0.05) is 41.9 Å². The lowest BCUT2D eigenvalue weighted by atomic mass is 10.2. The van der Waals surface area contributed by atoms with Gasteiger partial charge in [-0.2, -0.15) is 0 Å². The third kappa shape index (κ3) is 4.44. The highest BCUT2D eigenvalue weighted by Gasteiger charge is 2.15. The molecular formula is C23H18Cl2N4O3. The first-order valence-corrected chi connectivity index (χ1v) is 10.6. The molecule has 2 aromatic carbocycles. The molecule has 0 unspecified atom stereocenters. The van der Waals surface area contributed by atoms with Gasteiger partial charge in [-0.05, 0) is 54.4 Å². The summed E-state index contributed by atoms with van der Waals surface area (Å²) >= 11 is 12.6. The Hall–Kier alpha value is -3.42. The maximum atomic E-state index is 13.1. The van der Waals surface area contributed by atoms with Crippen LogP contribution in [-0.4, -0.2) is 30.2 Å². The van der Waals surface area contributed by atoms with Crippen molar-refractivity contribution in [3.63, 3.8) is 0 Å². The second-order valence-electron chi connectivity index (χ2n) is 7.00. The Bertz CT molecular complexity index is 1380. The molecule has 0 amide bonds. The summed E-state index contributed by atoms with van der Waals surface area (Å²) in [6.07, 6.45) is 3.60. The summed E-state index contributed by atoms with van der Waals surface area (Å²) in [6, 6.07) is 16.4. The van der Waals surface area contributed by atoms with Crippen LogP contribution in [0.4, 0.5) is 0 Å². The second-order valence-corrected chi connectivity index (χ2v) is 7.70. The normalized spacial score (nSPS) is 11.4. The van der Waals surface area contributed by atoms with Crippen LogP contribution in [0.5, 0.6) is 0 Å². The number of hydrogen-bond donors (Lipinski definition) is 1. The van der Waals surface area contributed by atoms with Gasteiger partial charge in [0.2, 0.25) is 5.28 Å². The summed E-state index contributed by atoms with van der Waals surface area (Å²) in [5, 5.41) is 9.84. The van der Waals surface area contributed by atoms with Crippen molar-refractivity contribution in [1.82, 2.24) is 19.1 Å². The summed E-state index contributed by atoms with van der Waals surface area (Å²) in [4.78, 5) is 32.8. The number of aromatic nitrogens is 4. The van der Waals surface area contributed by atoms with Gasteiger partial charge >= 0.3 is 5.97 Å². The molecule has 0 aliphatic heterocycles. The molecule has 0 bridgehead atoms. The number of carboxylic acids is 1. The largest absolute Gasteiger partial charge is 0.481 e. The minimum atomic E-state index is -0.919. The van der Waals surface area contributed by atoms with Crippen molar-refractivity contribution in [1.29, 1.82) is 0 Å². The first-order chi connectivity index (χ1) is 15.5. The average Bonchev–Trinajstić information content (AvgIpc) is 3.07. The topological polar surface area (TPSA) is 90.0 Å². The summed E-state index contributed by atoms with van der Waals surface area (Å²) < 4.78 is 3.16. The molecule has 1 N–H and O–H groups in total. The van der Waals surface area contributed by atoms with Gasteiger partial charge in [0.15, 0.2) is 5.15 Å². The number of nitrogens with zero attached hydrogens (tertiary/aromatic N) is 4. The number of carboxylic acid groups (broad SMARTS) is 1. The van der Waals surface area contributed by atoms with E-state index < -0.39 is 5.97 Å². The Balaban J connectivity index is 1.81. The number of halogens is 2. The van der Waals surface area contributed by atoms with Gasteiger partial charge in [0, 0.05) is 18.7 Å². The van der Waals surface area contributed by atoms with E-state index in [2.05, 4.69) is 9.97 Å². The number of carbonyl (C=O) groups is 1. The van der Waals surface area contributed by atoms with Crippen LogP contribution in [0, 0.1) is 0 Å². The van der Waals surface area contributed by atoms with Gasteiger partial charge in [-0.25, -0.2) is 9.97 Å². The van der Waals surface area contributed by atoms with E-state index in [0.717, 1.165) is 5.69 Å². The molecule has 0 radical (unpaired) electrons. The monoisotopic (exact) mass is 468 g/mol. The standard InChI is InChI=1S/C23H18Cl2N4O3/c24-21-18(29(23(25)27-21)15-7-2-1-3-8-15)12-13-19-26-17-10-5-4-9-16(17)22(32)28(19)14-6-11-20(30)31/h1-5,7-10,12-13H,6,11,14H2,(H,30,31)/b13-12+. The Morgan fingerprint density at radius 2 is 1.72 bits per heavy atom. The summed E-state index contributed by atoms with van der Waals surface area (Å²) in [7, 11) is 0. The molecule has 7 nitrogen and oxygen atoms in total. The Morgan fingerprint density at radius 1 is 1.00 bits per heavy atom. The molecule has 2 heterocycles. The van der Waals surface area contributed by atoms with Crippen LogP contribution in [0.2, 0.25) is 10.4 Å². The third-order valence-electron chi connectivity index (χ3n) is 4.90. The molecule has 0 aliphatic rings. The van der Waals surface area contributed by atoms with E-state index in [4.69, 9.17) is 28.3 Å². The fourth-order valence-electron chi connectivity index (χ4n) is 3.42. The van der Waals surface area contributed by atoms with E-state index in [-0.39, 0.29) is 29.0 Å².